The van der Waals surface area contributed by atoms with E-state index in [1.165, 1.54) is 5.56 Å². The lowest BCUT2D eigenvalue weighted by Crippen LogP contribution is -2.43. The van der Waals surface area contributed by atoms with Crippen molar-refractivity contribution in [3.8, 4) is 0 Å². The third-order valence-electron chi connectivity index (χ3n) is 3.43. The fourth-order valence-corrected chi connectivity index (χ4v) is 2.40. The fraction of sp³-hybridized carbons (Fsp3) is 0.538. The summed E-state index contributed by atoms with van der Waals surface area (Å²) >= 11 is 0. The highest BCUT2D eigenvalue weighted by Gasteiger charge is 2.40. The Morgan fingerprint density at radius 1 is 1.38 bits per heavy atom. The van der Waals surface area contributed by atoms with E-state index in [2.05, 4.69) is 17.0 Å². The maximum Gasteiger partial charge on any atom is 0.0685 e. The van der Waals surface area contributed by atoms with Crippen molar-refractivity contribution in [2.24, 2.45) is 0 Å². The molecule has 0 amide bonds. The SMILES string of the molecule is C[C@@]1(CO)C[C@H](O)CN1Cc1ccccc1. The van der Waals surface area contributed by atoms with Crippen LogP contribution in [0.4, 0.5) is 0 Å². The highest BCUT2D eigenvalue weighted by Crippen LogP contribution is 2.30. The molecule has 0 aromatic heterocycles. The van der Waals surface area contributed by atoms with Crippen LogP contribution in [-0.4, -0.2) is 39.9 Å². The zero-order valence-corrected chi connectivity index (χ0v) is 9.63. The summed E-state index contributed by atoms with van der Waals surface area (Å²) in [5, 5.41) is 19.1. The van der Waals surface area contributed by atoms with Gasteiger partial charge in [0.15, 0.2) is 0 Å². The molecule has 1 heterocycles. The summed E-state index contributed by atoms with van der Waals surface area (Å²) in [6.07, 6.45) is 0.330. The molecule has 1 aliphatic heterocycles. The molecule has 2 rings (SSSR count). The Morgan fingerprint density at radius 2 is 2.06 bits per heavy atom. The molecule has 2 atom stereocenters. The Kier molecular flexibility index (Phi) is 3.28. The van der Waals surface area contributed by atoms with Crippen molar-refractivity contribution in [3.05, 3.63) is 35.9 Å². The maximum atomic E-state index is 9.69. The number of hydrogen-bond donors (Lipinski definition) is 2. The van der Waals surface area contributed by atoms with Crippen molar-refractivity contribution in [1.29, 1.82) is 0 Å². The summed E-state index contributed by atoms with van der Waals surface area (Å²) in [6, 6.07) is 10.2. The molecule has 1 aromatic carbocycles. The van der Waals surface area contributed by atoms with Gasteiger partial charge < -0.3 is 10.2 Å². The topological polar surface area (TPSA) is 43.7 Å². The van der Waals surface area contributed by atoms with Gasteiger partial charge in [0.25, 0.3) is 0 Å². The van der Waals surface area contributed by atoms with Crippen LogP contribution in [0.3, 0.4) is 0 Å². The quantitative estimate of drug-likeness (QED) is 0.800. The summed E-state index contributed by atoms with van der Waals surface area (Å²) in [5.74, 6) is 0. The lowest BCUT2D eigenvalue weighted by molar-refractivity contribution is 0.0734. The summed E-state index contributed by atoms with van der Waals surface area (Å²) in [5.41, 5.74) is 0.936. The molecule has 0 aliphatic carbocycles. The zero-order chi connectivity index (χ0) is 11.6. The molecule has 0 unspecified atom stereocenters. The molecule has 88 valence electrons. The van der Waals surface area contributed by atoms with Gasteiger partial charge in [-0.3, -0.25) is 4.90 Å². The van der Waals surface area contributed by atoms with E-state index in [9.17, 15) is 10.2 Å². The first-order valence-electron chi connectivity index (χ1n) is 5.72. The van der Waals surface area contributed by atoms with Crippen LogP contribution < -0.4 is 0 Å². The van der Waals surface area contributed by atoms with Crippen LogP contribution >= 0.6 is 0 Å². The zero-order valence-electron chi connectivity index (χ0n) is 9.63. The standard InChI is InChI=1S/C13H19NO2/c1-13(10-15)7-12(16)9-14(13)8-11-5-3-2-4-6-11/h2-6,12,15-16H,7-10H2,1H3/t12-,13-/m0/s1. The van der Waals surface area contributed by atoms with Gasteiger partial charge in [0.2, 0.25) is 0 Å². The molecule has 0 saturated carbocycles. The van der Waals surface area contributed by atoms with Crippen LogP contribution in [-0.2, 0) is 6.54 Å². The minimum absolute atomic E-state index is 0.0941. The van der Waals surface area contributed by atoms with E-state index >= 15 is 0 Å². The Balaban J connectivity index is 2.09. The van der Waals surface area contributed by atoms with Crippen LogP contribution in [0.15, 0.2) is 30.3 Å². The maximum absolute atomic E-state index is 9.69. The monoisotopic (exact) mass is 221 g/mol. The second kappa shape index (κ2) is 4.53. The van der Waals surface area contributed by atoms with Gasteiger partial charge in [0.05, 0.1) is 12.7 Å². The number of likely N-dealkylation sites (tertiary alicyclic amines) is 1. The number of benzene rings is 1. The molecule has 1 aliphatic rings. The van der Waals surface area contributed by atoms with E-state index in [-0.39, 0.29) is 18.2 Å². The lowest BCUT2D eigenvalue weighted by Gasteiger charge is -2.33. The number of aliphatic hydroxyl groups excluding tert-OH is 2. The van der Waals surface area contributed by atoms with Gasteiger partial charge in [-0.2, -0.15) is 0 Å². The van der Waals surface area contributed by atoms with Gasteiger partial charge in [-0.15, -0.1) is 0 Å². The van der Waals surface area contributed by atoms with Crippen LogP contribution in [0, 0.1) is 0 Å². The van der Waals surface area contributed by atoms with Gasteiger partial charge in [-0.05, 0) is 18.9 Å². The smallest absolute Gasteiger partial charge is 0.0685 e. The molecule has 1 fully saturated rings. The molecule has 1 saturated heterocycles. The number of aliphatic hydroxyl groups is 2. The van der Waals surface area contributed by atoms with Gasteiger partial charge in [-0.25, -0.2) is 0 Å². The van der Waals surface area contributed by atoms with Gasteiger partial charge in [0.1, 0.15) is 0 Å². The minimum Gasteiger partial charge on any atom is -0.394 e. The molecular formula is C13H19NO2. The van der Waals surface area contributed by atoms with Crippen LogP contribution in [0.25, 0.3) is 0 Å². The van der Waals surface area contributed by atoms with Crippen LogP contribution in [0.2, 0.25) is 0 Å². The summed E-state index contributed by atoms with van der Waals surface area (Å²) in [4.78, 5) is 2.16. The summed E-state index contributed by atoms with van der Waals surface area (Å²) in [7, 11) is 0. The largest absolute Gasteiger partial charge is 0.394 e. The molecule has 0 radical (unpaired) electrons. The van der Waals surface area contributed by atoms with E-state index < -0.39 is 0 Å². The van der Waals surface area contributed by atoms with E-state index in [0.717, 1.165) is 6.54 Å². The third-order valence-corrected chi connectivity index (χ3v) is 3.43. The molecule has 0 bridgehead atoms. The lowest BCUT2D eigenvalue weighted by atomic mass is 9.99. The Morgan fingerprint density at radius 3 is 2.69 bits per heavy atom. The van der Waals surface area contributed by atoms with E-state index in [0.29, 0.717) is 13.0 Å². The van der Waals surface area contributed by atoms with Crippen LogP contribution in [0.1, 0.15) is 18.9 Å². The molecule has 0 spiro atoms. The van der Waals surface area contributed by atoms with Crippen molar-refractivity contribution >= 4 is 0 Å². The summed E-state index contributed by atoms with van der Waals surface area (Å²) in [6.45, 7) is 3.53. The van der Waals surface area contributed by atoms with Gasteiger partial charge in [-0.1, -0.05) is 30.3 Å². The molecule has 2 N–H and O–H groups in total. The average Bonchev–Trinajstić information content (AvgIpc) is 2.56. The van der Waals surface area contributed by atoms with E-state index in [1.54, 1.807) is 0 Å². The van der Waals surface area contributed by atoms with E-state index in [4.69, 9.17) is 0 Å². The molecule has 3 nitrogen and oxygen atoms in total. The van der Waals surface area contributed by atoms with Crippen molar-refractivity contribution in [3.63, 3.8) is 0 Å². The van der Waals surface area contributed by atoms with Crippen molar-refractivity contribution in [2.45, 2.75) is 31.5 Å². The first kappa shape index (κ1) is 11.6. The molecule has 1 aromatic rings. The Labute approximate surface area is 96.3 Å². The predicted molar refractivity (Wildman–Crippen MR) is 63.0 cm³/mol. The van der Waals surface area contributed by atoms with E-state index in [1.807, 2.05) is 25.1 Å². The van der Waals surface area contributed by atoms with Gasteiger partial charge in [0, 0.05) is 18.6 Å². The number of rotatable bonds is 3. The number of β-amino-alcohol motifs (C(OH)–C–C–N with tert-alkyl or cyclic N) is 1. The van der Waals surface area contributed by atoms with Crippen molar-refractivity contribution in [2.75, 3.05) is 13.2 Å². The fourth-order valence-electron chi connectivity index (χ4n) is 2.40. The van der Waals surface area contributed by atoms with Gasteiger partial charge >= 0.3 is 0 Å². The first-order chi connectivity index (χ1) is 7.64. The summed E-state index contributed by atoms with van der Waals surface area (Å²) < 4.78 is 0. The highest BCUT2D eigenvalue weighted by atomic mass is 16.3. The minimum atomic E-state index is -0.319. The second-order valence-corrected chi connectivity index (χ2v) is 4.88. The molecule has 16 heavy (non-hydrogen) atoms. The number of hydrogen-bond acceptors (Lipinski definition) is 3. The Bertz CT molecular complexity index is 341. The highest BCUT2D eigenvalue weighted by molar-refractivity contribution is 5.15. The molecular weight excluding hydrogens is 202 g/mol. The van der Waals surface area contributed by atoms with Crippen molar-refractivity contribution < 1.29 is 10.2 Å². The van der Waals surface area contributed by atoms with Crippen molar-refractivity contribution in [1.82, 2.24) is 4.90 Å². The normalized spacial score (nSPS) is 30.8. The second-order valence-electron chi connectivity index (χ2n) is 4.88. The first-order valence-corrected chi connectivity index (χ1v) is 5.72. The predicted octanol–water partition coefficient (Wildman–Crippen LogP) is 1.00. The average molecular weight is 221 g/mol. The molecule has 3 heteroatoms. The Hall–Kier alpha value is -0.900. The number of nitrogens with zero attached hydrogens (tertiary/aromatic N) is 1. The third kappa shape index (κ3) is 2.26. The van der Waals surface area contributed by atoms with Crippen LogP contribution in [0.5, 0.6) is 0 Å².